The molecule has 1 aliphatic rings. The zero-order chi connectivity index (χ0) is 14.7. The minimum atomic E-state index is 0.0668. The van der Waals surface area contributed by atoms with Gasteiger partial charge in [-0.3, -0.25) is 4.79 Å². The first-order chi connectivity index (χ1) is 10.2. The summed E-state index contributed by atoms with van der Waals surface area (Å²) in [6, 6.07) is 9.71. The zero-order valence-corrected chi connectivity index (χ0v) is 12.0. The minimum absolute atomic E-state index is 0.0668. The molecule has 0 atom stereocenters. The summed E-state index contributed by atoms with van der Waals surface area (Å²) in [5.41, 5.74) is 1.70. The van der Waals surface area contributed by atoms with E-state index in [1.807, 2.05) is 42.2 Å². The van der Waals surface area contributed by atoms with E-state index in [4.69, 9.17) is 9.15 Å². The molecule has 1 saturated heterocycles. The minimum Gasteiger partial charge on any atom is -0.440 e. The average molecular weight is 286 g/mol. The molecule has 1 aromatic heterocycles. The van der Waals surface area contributed by atoms with Gasteiger partial charge in [-0.15, -0.1) is 0 Å². The Morgan fingerprint density at radius 1 is 1.24 bits per heavy atom. The topological polar surface area (TPSA) is 55.6 Å². The van der Waals surface area contributed by atoms with Crippen molar-refractivity contribution in [3.8, 4) is 11.5 Å². The molecule has 1 fully saturated rings. The summed E-state index contributed by atoms with van der Waals surface area (Å²) in [5, 5.41) is 0. The summed E-state index contributed by atoms with van der Waals surface area (Å²) in [6.07, 6.45) is 0.256. The van der Waals surface area contributed by atoms with Gasteiger partial charge in [0.05, 0.1) is 25.3 Å². The van der Waals surface area contributed by atoms with E-state index in [9.17, 15) is 4.79 Å². The molecule has 1 aromatic carbocycles. The van der Waals surface area contributed by atoms with Crippen molar-refractivity contribution in [1.82, 2.24) is 9.88 Å². The van der Waals surface area contributed by atoms with Crippen LogP contribution in [0.5, 0.6) is 0 Å². The Morgan fingerprint density at radius 2 is 1.95 bits per heavy atom. The summed E-state index contributed by atoms with van der Waals surface area (Å²) in [7, 11) is 0. The number of rotatable bonds is 3. The van der Waals surface area contributed by atoms with Crippen LogP contribution < -0.4 is 0 Å². The van der Waals surface area contributed by atoms with Crippen LogP contribution in [0.4, 0.5) is 0 Å². The van der Waals surface area contributed by atoms with Crippen molar-refractivity contribution >= 4 is 5.91 Å². The van der Waals surface area contributed by atoms with Gasteiger partial charge in [-0.05, 0) is 19.1 Å². The molecule has 21 heavy (non-hydrogen) atoms. The number of ether oxygens (including phenoxy) is 1. The fourth-order valence-corrected chi connectivity index (χ4v) is 2.36. The molecule has 0 saturated carbocycles. The molecule has 2 aromatic rings. The number of morpholine rings is 1. The lowest BCUT2D eigenvalue weighted by Gasteiger charge is -2.26. The zero-order valence-electron chi connectivity index (χ0n) is 12.0. The van der Waals surface area contributed by atoms with Gasteiger partial charge in [0.25, 0.3) is 0 Å². The predicted molar refractivity (Wildman–Crippen MR) is 77.8 cm³/mol. The van der Waals surface area contributed by atoms with Crippen LogP contribution in [-0.2, 0) is 16.0 Å². The maximum atomic E-state index is 12.2. The van der Waals surface area contributed by atoms with E-state index in [2.05, 4.69) is 4.98 Å². The second-order valence-corrected chi connectivity index (χ2v) is 5.06. The number of oxazole rings is 1. The lowest BCUT2D eigenvalue weighted by Crippen LogP contribution is -2.41. The van der Waals surface area contributed by atoms with Gasteiger partial charge in [0.15, 0.2) is 0 Å². The van der Waals surface area contributed by atoms with Gasteiger partial charge in [-0.1, -0.05) is 18.2 Å². The van der Waals surface area contributed by atoms with Crippen LogP contribution in [0.2, 0.25) is 0 Å². The van der Waals surface area contributed by atoms with Crippen molar-refractivity contribution in [2.75, 3.05) is 26.3 Å². The number of aromatic nitrogens is 1. The highest BCUT2D eigenvalue weighted by molar-refractivity contribution is 5.78. The van der Waals surface area contributed by atoms with Crippen molar-refractivity contribution in [3.05, 3.63) is 41.8 Å². The maximum absolute atomic E-state index is 12.2. The molecular weight excluding hydrogens is 268 g/mol. The van der Waals surface area contributed by atoms with Crippen molar-refractivity contribution in [1.29, 1.82) is 0 Å². The fourth-order valence-electron chi connectivity index (χ4n) is 2.36. The van der Waals surface area contributed by atoms with Gasteiger partial charge in [-0.25, -0.2) is 4.98 Å². The van der Waals surface area contributed by atoms with E-state index >= 15 is 0 Å². The normalized spacial score (nSPS) is 15.2. The third kappa shape index (κ3) is 3.13. The van der Waals surface area contributed by atoms with Gasteiger partial charge in [-0.2, -0.15) is 0 Å². The third-order valence-corrected chi connectivity index (χ3v) is 3.59. The first kappa shape index (κ1) is 13.8. The number of amides is 1. The summed E-state index contributed by atoms with van der Waals surface area (Å²) in [6.45, 7) is 4.39. The highest BCUT2D eigenvalue weighted by atomic mass is 16.5. The lowest BCUT2D eigenvalue weighted by atomic mass is 10.2. The van der Waals surface area contributed by atoms with Crippen molar-refractivity contribution in [2.45, 2.75) is 13.3 Å². The maximum Gasteiger partial charge on any atom is 0.230 e. The van der Waals surface area contributed by atoms with Gasteiger partial charge in [0.2, 0.25) is 11.8 Å². The largest absolute Gasteiger partial charge is 0.440 e. The summed E-state index contributed by atoms with van der Waals surface area (Å²) < 4.78 is 11.0. The van der Waals surface area contributed by atoms with E-state index in [1.54, 1.807) is 0 Å². The van der Waals surface area contributed by atoms with Gasteiger partial charge < -0.3 is 14.1 Å². The van der Waals surface area contributed by atoms with Crippen LogP contribution in [0.25, 0.3) is 11.5 Å². The standard InChI is InChI=1S/C16H18N2O3/c1-12-14(11-15(19)18-7-9-20-10-8-18)21-16(17-12)13-5-3-2-4-6-13/h2-6H,7-11H2,1H3. The number of carbonyl (C=O) groups excluding carboxylic acids is 1. The third-order valence-electron chi connectivity index (χ3n) is 3.59. The number of carbonyl (C=O) groups is 1. The molecule has 110 valence electrons. The number of nitrogens with zero attached hydrogens (tertiary/aromatic N) is 2. The van der Waals surface area contributed by atoms with Crippen LogP contribution >= 0.6 is 0 Å². The molecular formula is C16H18N2O3. The van der Waals surface area contributed by atoms with E-state index in [-0.39, 0.29) is 12.3 Å². The van der Waals surface area contributed by atoms with Crippen LogP contribution in [0.3, 0.4) is 0 Å². The van der Waals surface area contributed by atoms with E-state index in [1.165, 1.54) is 0 Å². The van der Waals surface area contributed by atoms with E-state index in [0.717, 1.165) is 11.3 Å². The molecule has 0 spiro atoms. The highest BCUT2D eigenvalue weighted by Crippen LogP contribution is 2.22. The average Bonchev–Trinajstić information content (AvgIpc) is 2.90. The Labute approximate surface area is 123 Å². The summed E-state index contributed by atoms with van der Waals surface area (Å²) >= 11 is 0. The quantitative estimate of drug-likeness (QED) is 0.866. The molecule has 0 unspecified atom stereocenters. The molecule has 0 radical (unpaired) electrons. The molecule has 2 heterocycles. The Bertz CT molecular complexity index is 616. The van der Waals surface area contributed by atoms with Crippen LogP contribution in [-0.4, -0.2) is 42.1 Å². The van der Waals surface area contributed by atoms with Crippen molar-refractivity contribution < 1.29 is 13.9 Å². The van der Waals surface area contributed by atoms with Crippen LogP contribution in [0, 0.1) is 6.92 Å². The van der Waals surface area contributed by atoms with E-state index < -0.39 is 0 Å². The van der Waals surface area contributed by atoms with Gasteiger partial charge >= 0.3 is 0 Å². The smallest absolute Gasteiger partial charge is 0.230 e. The molecule has 1 amide bonds. The molecule has 5 nitrogen and oxygen atoms in total. The van der Waals surface area contributed by atoms with Gasteiger partial charge in [0, 0.05) is 18.7 Å². The SMILES string of the molecule is Cc1nc(-c2ccccc2)oc1CC(=O)N1CCOCC1. The Balaban J connectivity index is 1.74. The Morgan fingerprint density at radius 3 is 2.67 bits per heavy atom. The Kier molecular flexibility index (Phi) is 4.01. The number of hydrogen-bond acceptors (Lipinski definition) is 4. The van der Waals surface area contributed by atoms with E-state index in [0.29, 0.717) is 38.0 Å². The highest BCUT2D eigenvalue weighted by Gasteiger charge is 2.20. The summed E-state index contributed by atoms with van der Waals surface area (Å²) in [4.78, 5) is 18.5. The monoisotopic (exact) mass is 286 g/mol. The number of hydrogen-bond donors (Lipinski definition) is 0. The first-order valence-electron chi connectivity index (χ1n) is 7.11. The fraction of sp³-hybridized carbons (Fsp3) is 0.375. The molecule has 1 aliphatic heterocycles. The number of aryl methyl sites for hydroxylation is 1. The van der Waals surface area contributed by atoms with Crippen molar-refractivity contribution in [2.24, 2.45) is 0 Å². The predicted octanol–water partition coefficient (Wildman–Crippen LogP) is 2.05. The Hall–Kier alpha value is -2.14. The van der Waals surface area contributed by atoms with Crippen LogP contribution in [0.1, 0.15) is 11.5 Å². The molecule has 3 rings (SSSR count). The first-order valence-corrected chi connectivity index (χ1v) is 7.11. The molecule has 5 heteroatoms. The van der Waals surface area contributed by atoms with Crippen molar-refractivity contribution in [3.63, 3.8) is 0 Å². The van der Waals surface area contributed by atoms with Crippen LogP contribution in [0.15, 0.2) is 34.7 Å². The number of benzene rings is 1. The summed E-state index contributed by atoms with van der Waals surface area (Å²) in [5.74, 6) is 1.28. The molecule has 0 bridgehead atoms. The lowest BCUT2D eigenvalue weighted by molar-refractivity contribution is -0.134. The second-order valence-electron chi connectivity index (χ2n) is 5.06. The molecule has 0 N–H and O–H groups in total. The second kappa shape index (κ2) is 6.10. The molecule has 0 aliphatic carbocycles. The van der Waals surface area contributed by atoms with Gasteiger partial charge in [0.1, 0.15) is 5.76 Å².